The van der Waals surface area contributed by atoms with Crippen LogP contribution in [-0.2, 0) is 43.3 Å². The van der Waals surface area contributed by atoms with Gasteiger partial charge in [0.1, 0.15) is 0 Å². The molecule has 8 aliphatic rings. The average Bonchev–Trinajstić information content (AvgIpc) is 1.30. The van der Waals surface area contributed by atoms with Crippen LogP contribution in [0.4, 0.5) is 45.5 Å². The summed E-state index contributed by atoms with van der Waals surface area (Å²) in [5.74, 6) is 0. The summed E-state index contributed by atoms with van der Waals surface area (Å²) in [7, 11) is 0. The minimum atomic E-state index is -0.267. The molecule has 1 saturated carbocycles. The van der Waals surface area contributed by atoms with E-state index in [-0.39, 0.29) is 55.6 Å². The Morgan fingerprint density at radius 3 is 1.54 bits per heavy atom. The van der Waals surface area contributed by atoms with Crippen LogP contribution in [0.3, 0.4) is 0 Å². The van der Waals surface area contributed by atoms with Gasteiger partial charge in [0.15, 0.2) is 0 Å². The molecule has 0 bridgehead atoms. The maximum absolute atomic E-state index is 2.88. The molecule has 0 N–H and O–H groups in total. The van der Waals surface area contributed by atoms with Crippen molar-refractivity contribution in [2.24, 2.45) is 0 Å². The van der Waals surface area contributed by atoms with Crippen molar-refractivity contribution in [3.8, 4) is 11.1 Å². The molecule has 0 radical (unpaired) electrons. The van der Waals surface area contributed by atoms with Gasteiger partial charge in [-0.1, -0.05) is 189 Å². The summed E-state index contributed by atoms with van der Waals surface area (Å²) in [6.45, 7) is 42.9. The molecule has 2 unspecified atom stereocenters. The van der Waals surface area contributed by atoms with Crippen LogP contribution in [-0.4, -0.2) is 12.3 Å². The first kappa shape index (κ1) is 52.8. The number of aryl methyl sites for hydroxylation is 1. The zero-order valence-electron chi connectivity index (χ0n) is 53.0. The first-order valence-electron chi connectivity index (χ1n) is 32.0. The van der Waals surface area contributed by atoms with E-state index in [4.69, 9.17) is 0 Å². The Kier molecular flexibility index (Phi) is 10.6. The van der Waals surface area contributed by atoms with E-state index in [1.54, 1.807) is 0 Å². The lowest BCUT2D eigenvalue weighted by Gasteiger charge is -2.52. The Morgan fingerprint density at radius 1 is 0.366 bits per heavy atom. The Morgan fingerprint density at radius 2 is 0.890 bits per heavy atom. The maximum atomic E-state index is 2.88. The molecule has 3 aliphatic heterocycles. The first-order chi connectivity index (χ1) is 38.5. The Balaban J connectivity index is 1.13. The average molecular weight is 1080 g/mol. The third-order valence-electron chi connectivity index (χ3n) is 24.5. The number of benzene rings is 7. The van der Waals surface area contributed by atoms with Crippen molar-refractivity contribution in [2.75, 3.05) is 14.7 Å². The predicted octanol–water partition coefficient (Wildman–Crippen LogP) is 19.2. The number of rotatable bonds is 3. The van der Waals surface area contributed by atoms with Crippen LogP contribution in [0.15, 0.2) is 115 Å². The molecular weight excluding hydrogens is 990 g/mol. The summed E-state index contributed by atoms with van der Waals surface area (Å²) in [5.41, 5.74) is 32.5. The summed E-state index contributed by atoms with van der Waals surface area (Å²) in [6.07, 6.45) is 11.9. The van der Waals surface area contributed by atoms with E-state index >= 15 is 0 Å². The highest BCUT2D eigenvalue weighted by Crippen LogP contribution is 2.64. The molecule has 4 heteroatoms. The molecule has 0 spiro atoms. The second-order valence-corrected chi connectivity index (χ2v) is 32.4. The highest BCUT2D eigenvalue weighted by molar-refractivity contribution is 7.00. The fraction of sp³-hybridized carbons (Fsp3) is 0.462. The largest absolute Gasteiger partial charge is 0.334 e. The van der Waals surface area contributed by atoms with Gasteiger partial charge < -0.3 is 14.7 Å². The molecule has 3 heterocycles. The van der Waals surface area contributed by atoms with Crippen molar-refractivity contribution < 1.29 is 0 Å². The smallest absolute Gasteiger partial charge is 0.252 e. The van der Waals surface area contributed by atoms with Gasteiger partial charge in [-0.25, -0.2) is 0 Å². The van der Waals surface area contributed by atoms with Crippen LogP contribution >= 0.6 is 0 Å². The van der Waals surface area contributed by atoms with Crippen LogP contribution < -0.4 is 31.1 Å². The van der Waals surface area contributed by atoms with Crippen molar-refractivity contribution in [2.45, 2.75) is 231 Å². The van der Waals surface area contributed by atoms with Crippen LogP contribution in [0.25, 0.3) is 11.1 Å². The van der Waals surface area contributed by atoms with Crippen molar-refractivity contribution in [1.29, 1.82) is 0 Å². The number of para-hydroxylation sites is 1. The number of anilines is 8. The standard InChI is InChI=1S/C78H90BN3/c1-47-40-55-58(74(10,11)38-36-71(55,4)5)45-63(47)81-66-43-49(82-62-27-21-20-26-54(62)77(16)32-22-23-33-78(77,82)17)42-65-68(66)79(60-31-29-51-50-24-18-19-25-52(50)76(14,15)67(51)69(60)81)61-44-57-59(75(12,13)39-37-73(57,8)9)46-64(61)80(65)48-28-30-53-56(41-48)72(6,7)35-34-70(53,2)3/h18-21,24-31,40-46H,22-23,32-39H2,1-17H3. The molecule has 0 aromatic heterocycles. The fourth-order valence-corrected chi connectivity index (χ4v) is 18.8. The van der Waals surface area contributed by atoms with Gasteiger partial charge in [-0.3, -0.25) is 0 Å². The number of nitrogens with zero attached hydrogens (tertiary/aromatic N) is 3. The van der Waals surface area contributed by atoms with E-state index in [9.17, 15) is 0 Å². The molecule has 82 heavy (non-hydrogen) atoms. The lowest BCUT2D eigenvalue weighted by atomic mass is 9.32. The monoisotopic (exact) mass is 1080 g/mol. The molecule has 1 fully saturated rings. The van der Waals surface area contributed by atoms with Gasteiger partial charge >= 0.3 is 0 Å². The lowest BCUT2D eigenvalue weighted by Crippen LogP contribution is -2.62. The van der Waals surface area contributed by atoms with Gasteiger partial charge in [-0.05, 0) is 223 Å². The van der Waals surface area contributed by atoms with Crippen LogP contribution in [0.1, 0.15) is 231 Å². The number of fused-ring (bicyclic) bond motifs is 14. The van der Waals surface area contributed by atoms with Crippen LogP contribution in [0.2, 0.25) is 0 Å². The topological polar surface area (TPSA) is 9.72 Å². The summed E-state index contributed by atoms with van der Waals surface area (Å²) < 4.78 is 0. The Hall–Kier alpha value is -6.00. The van der Waals surface area contributed by atoms with E-state index in [1.165, 1.54) is 186 Å². The normalized spacial score (nSPS) is 25.1. The summed E-state index contributed by atoms with van der Waals surface area (Å²) >= 11 is 0. The van der Waals surface area contributed by atoms with Gasteiger partial charge in [-0.15, -0.1) is 0 Å². The van der Waals surface area contributed by atoms with Crippen molar-refractivity contribution >= 4 is 68.6 Å². The minimum absolute atomic E-state index is 0.00545. The maximum Gasteiger partial charge on any atom is 0.252 e. The molecule has 3 nitrogen and oxygen atoms in total. The third-order valence-corrected chi connectivity index (χ3v) is 24.5. The van der Waals surface area contributed by atoms with E-state index in [2.05, 4.69) is 248 Å². The SMILES string of the molecule is Cc1cc2c(cc1N1c3cc(N4c5ccccc5C5(C)CCCCC45C)cc4c3B(c3cc5c(cc3N4c3ccc4c(c3)C(C)(C)CCC4(C)C)C(C)(C)CCC5(C)C)c3ccc4c(c31)C(C)(C)c1ccccc1-4)C(C)(C)CCC2(C)C. The summed E-state index contributed by atoms with van der Waals surface area (Å²) in [5, 5.41) is 0. The Bertz CT molecular complexity index is 3950. The molecule has 0 saturated heterocycles. The zero-order chi connectivity index (χ0) is 57.6. The molecule has 7 aromatic carbocycles. The van der Waals surface area contributed by atoms with E-state index in [0.717, 1.165) is 6.42 Å². The Labute approximate surface area is 493 Å². The molecular formula is C78H90BN3. The fourth-order valence-electron chi connectivity index (χ4n) is 18.8. The van der Waals surface area contributed by atoms with Crippen LogP contribution in [0.5, 0.6) is 0 Å². The lowest BCUT2D eigenvalue weighted by molar-refractivity contribution is 0.195. The number of hydrogen-bond acceptors (Lipinski definition) is 3. The van der Waals surface area contributed by atoms with Gasteiger partial charge in [0, 0.05) is 56.3 Å². The van der Waals surface area contributed by atoms with Crippen molar-refractivity contribution in [3.05, 3.63) is 171 Å². The predicted molar refractivity (Wildman–Crippen MR) is 351 cm³/mol. The quantitative estimate of drug-likeness (QED) is 0.163. The zero-order valence-corrected chi connectivity index (χ0v) is 53.0. The van der Waals surface area contributed by atoms with Crippen molar-refractivity contribution in [3.63, 3.8) is 0 Å². The second kappa shape index (κ2) is 16.5. The molecule has 5 aliphatic carbocycles. The van der Waals surface area contributed by atoms with E-state index in [1.807, 2.05) is 0 Å². The van der Waals surface area contributed by atoms with Crippen LogP contribution in [0, 0.1) is 6.92 Å². The molecule has 7 aromatic rings. The second-order valence-electron chi connectivity index (χ2n) is 32.4. The van der Waals surface area contributed by atoms with Gasteiger partial charge in [0.05, 0.1) is 5.54 Å². The first-order valence-corrected chi connectivity index (χ1v) is 32.0. The highest BCUT2D eigenvalue weighted by atomic mass is 15.3. The highest BCUT2D eigenvalue weighted by Gasteiger charge is 2.59. The van der Waals surface area contributed by atoms with Gasteiger partial charge in [0.2, 0.25) is 0 Å². The van der Waals surface area contributed by atoms with Crippen molar-refractivity contribution in [1.82, 2.24) is 0 Å². The molecule has 0 amide bonds. The number of hydrogen-bond donors (Lipinski definition) is 0. The van der Waals surface area contributed by atoms with Gasteiger partial charge in [-0.2, -0.15) is 0 Å². The molecule has 420 valence electrons. The minimum Gasteiger partial charge on any atom is -0.334 e. The molecule has 2 atom stereocenters. The van der Waals surface area contributed by atoms with Gasteiger partial charge in [0.25, 0.3) is 6.71 Å². The third kappa shape index (κ3) is 6.79. The summed E-state index contributed by atoms with van der Waals surface area (Å²) in [4.78, 5) is 8.58. The van der Waals surface area contributed by atoms with E-state index in [0.29, 0.717) is 0 Å². The van der Waals surface area contributed by atoms with E-state index < -0.39 is 0 Å². The summed E-state index contributed by atoms with van der Waals surface area (Å²) in [6, 6.07) is 48.1. The molecule has 15 rings (SSSR count).